The monoisotopic (exact) mass is 1500 g/mol. The molecule has 3 fully saturated rings. The number of rotatable bonds is 50. The molecule has 3 aliphatic rings. The average Bonchev–Trinajstić information content (AvgIpc) is 1.58. The van der Waals surface area contributed by atoms with Gasteiger partial charge in [-0.3, -0.25) is 82.3 Å². The lowest BCUT2D eigenvalue weighted by molar-refractivity contribution is -0.142. The van der Waals surface area contributed by atoms with Crippen LogP contribution in [0.25, 0.3) is 0 Å². The van der Waals surface area contributed by atoms with Gasteiger partial charge in [0.25, 0.3) is 0 Å². The number of aliphatic imine (C=N–C) groups is 4. The topological polar surface area (TPSA) is 748 Å². The quantitative estimate of drug-likeness (QED) is 0.0153. The van der Waals surface area contributed by atoms with E-state index in [9.17, 15) is 67.7 Å². The molecule has 106 heavy (non-hydrogen) atoms. The van der Waals surface area contributed by atoms with Crippen molar-refractivity contribution in [2.45, 2.75) is 245 Å². The van der Waals surface area contributed by atoms with Crippen LogP contribution in [0.1, 0.15) is 174 Å². The van der Waals surface area contributed by atoms with Gasteiger partial charge in [-0.15, -0.1) is 0 Å². The summed E-state index contributed by atoms with van der Waals surface area (Å²) >= 11 is 0. The number of amides is 12. The minimum atomic E-state index is -1.77. The average molecular weight is 1500 g/mol. The summed E-state index contributed by atoms with van der Waals surface area (Å²) < 4.78 is 0. The summed E-state index contributed by atoms with van der Waals surface area (Å²) in [4.78, 5) is 199. The van der Waals surface area contributed by atoms with Gasteiger partial charge < -0.3 is 137 Å². The maximum Gasteiger partial charge on any atom is 0.322 e. The van der Waals surface area contributed by atoms with Crippen LogP contribution in [0, 0.1) is 0 Å². The summed E-state index contributed by atoms with van der Waals surface area (Å²) in [6.07, 6.45) is 1.69. The predicted molar refractivity (Wildman–Crippen MR) is 391 cm³/mol. The Bertz CT molecular complexity index is 3070. The van der Waals surface area contributed by atoms with Crippen LogP contribution < -0.4 is 122 Å². The Morgan fingerprint density at radius 2 is 0.774 bits per heavy atom. The van der Waals surface area contributed by atoms with E-state index in [1.807, 2.05) is 0 Å². The van der Waals surface area contributed by atoms with Gasteiger partial charge in [-0.2, -0.15) is 0 Å². The Kier molecular flexibility index (Phi) is 39.8. The second-order valence-electron chi connectivity index (χ2n) is 26.9. The first-order valence-electron chi connectivity index (χ1n) is 36.1. The zero-order valence-electron chi connectivity index (χ0n) is 60.7. The minimum Gasteiger partial charge on any atom is -0.480 e. The molecule has 2 aliphatic carbocycles. The largest absolute Gasteiger partial charge is 0.480 e. The third kappa shape index (κ3) is 31.8. The maximum absolute atomic E-state index is 15.1. The number of hydrogen-bond donors (Lipinski definition) is 24. The number of nitrogens with two attached hydrogens (primary N) is 12. The Hall–Kier alpha value is -9.97. The molecule has 42 heteroatoms. The molecular weight excluding hydrogens is 1390 g/mol. The fraction of sp³-hybridized carbons (Fsp3) is 0.734. The second kappa shape index (κ2) is 46.8. The zero-order chi connectivity index (χ0) is 79.1. The molecule has 42 nitrogen and oxygen atoms in total. The van der Waals surface area contributed by atoms with Crippen molar-refractivity contribution in [3.05, 3.63) is 0 Å². The van der Waals surface area contributed by atoms with Crippen LogP contribution in [-0.4, -0.2) is 240 Å². The van der Waals surface area contributed by atoms with Crippen LogP contribution >= 0.6 is 0 Å². The Morgan fingerprint density at radius 3 is 1.10 bits per heavy atom. The summed E-state index contributed by atoms with van der Waals surface area (Å²) in [5.41, 5.74) is 64.8. The maximum atomic E-state index is 15.1. The number of aliphatic hydroxyl groups excluding tert-OH is 1. The fourth-order valence-electron chi connectivity index (χ4n) is 12.5. The van der Waals surface area contributed by atoms with Gasteiger partial charge >= 0.3 is 5.97 Å². The molecule has 3 rings (SSSR count). The number of carboxylic acid groups (broad SMARTS) is 1. The van der Waals surface area contributed by atoms with E-state index in [-0.39, 0.29) is 179 Å². The van der Waals surface area contributed by atoms with Gasteiger partial charge in [-0.1, -0.05) is 25.7 Å². The van der Waals surface area contributed by atoms with Crippen LogP contribution in [0.2, 0.25) is 0 Å². The first-order chi connectivity index (χ1) is 50.2. The van der Waals surface area contributed by atoms with Crippen molar-refractivity contribution in [1.82, 2.24) is 58.1 Å². The molecule has 0 spiro atoms. The molecular formula is C64H117N27O15. The number of carbonyl (C=O) groups is 13. The number of primary amides is 1. The smallest absolute Gasteiger partial charge is 0.322 e. The minimum absolute atomic E-state index is 0.00912. The number of nitrogens with one attached hydrogen (secondary N) is 10. The van der Waals surface area contributed by atoms with Gasteiger partial charge in [0.2, 0.25) is 70.9 Å². The number of nitrogens with zero attached hydrogens (tertiary/aromatic N) is 5. The van der Waals surface area contributed by atoms with Gasteiger partial charge in [0.15, 0.2) is 23.8 Å². The number of carboxylic acids is 1. The van der Waals surface area contributed by atoms with E-state index >= 15 is 4.79 Å². The van der Waals surface area contributed by atoms with E-state index in [0.29, 0.717) is 51.4 Å². The number of carbonyl (C=O) groups excluding carboxylic acids is 12. The molecule has 0 aromatic carbocycles. The summed E-state index contributed by atoms with van der Waals surface area (Å²) in [5, 5.41) is 46.1. The van der Waals surface area contributed by atoms with E-state index in [1.165, 1.54) is 11.8 Å². The molecule has 1 saturated heterocycles. The van der Waals surface area contributed by atoms with Gasteiger partial charge in [-0.05, 0) is 155 Å². The Labute approximate surface area is 615 Å². The highest BCUT2D eigenvalue weighted by Gasteiger charge is 2.47. The van der Waals surface area contributed by atoms with Crippen LogP contribution in [0.3, 0.4) is 0 Å². The number of hydrogen-bond acceptors (Lipinski definition) is 21. The van der Waals surface area contributed by atoms with Crippen molar-refractivity contribution < 1.29 is 72.5 Å². The Morgan fingerprint density at radius 1 is 0.443 bits per heavy atom. The Balaban J connectivity index is 2.06. The van der Waals surface area contributed by atoms with Crippen molar-refractivity contribution in [1.29, 1.82) is 0 Å². The van der Waals surface area contributed by atoms with Crippen molar-refractivity contribution in [3.8, 4) is 0 Å². The summed E-state index contributed by atoms with van der Waals surface area (Å²) in [6.45, 7) is 0.984. The van der Waals surface area contributed by atoms with Crippen molar-refractivity contribution in [2.24, 2.45) is 88.8 Å². The standard InChI is InChI=1S/C64H117N27O15/c1-36(92)47(68)56(104)91-34-14-21-44(91)55(103)87-43(22-23-45(67)93)52(100)86-42(20-13-33-80-62(75)76)54(102)90-64(26-6-7-27-64)58(106)88-40(19-12-32-79-61(73)74)51(99)84-39(18-11-31-78-60(71)72)50(98)83-38(17-10-30-77-59(69)70)49(97)82-37(15-2-8-28-65)48(96)85-41(16-3-9-29-66)53(101)89-63(24-4-5-25-63)57(105)81-35-46(94)95/h36-44,47,92H,2-35,65-66,68H2,1H3,(H2,67,93)(H,81,105)(H,82,97)(H,83,98)(H,84,99)(H,85,96)(H,86,100)(H,87,103)(H,88,106)(H,89,101)(H,90,102)(H,94,95)(H4,69,70,77)(H4,71,72,78)(H4,73,74,79)(H4,75,76,80)/t36-,37+,38+,39+,40+,41+,42+,43+,44+,47+/m1/s1. The van der Waals surface area contributed by atoms with E-state index in [0.717, 1.165) is 0 Å². The van der Waals surface area contributed by atoms with Gasteiger partial charge in [0, 0.05) is 39.1 Å². The lowest BCUT2D eigenvalue weighted by atomic mass is 9.94. The molecule has 0 unspecified atom stereocenters. The van der Waals surface area contributed by atoms with Crippen molar-refractivity contribution in [2.75, 3.05) is 52.4 Å². The molecule has 0 aromatic rings. The third-order valence-corrected chi connectivity index (χ3v) is 18.3. The molecule has 36 N–H and O–H groups in total. The second-order valence-corrected chi connectivity index (χ2v) is 26.9. The van der Waals surface area contributed by atoms with Crippen LogP contribution in [0.5, 0.6) is 0 Å². The molecule has 0 bridgehead atoms. The fourth-order valence-corrected chi connectivity index (χ4v) is 12.5. The highest BCUT2D eigenvalue weighted by molar-refractivity contribution is 6.01. The lowest BCUT2D eigenvalue weighted by Gasteiger charge is -2.33. The lowest BCUT2D eigenvalue weighted by Crippen LogP contribution is -2.64. The molecule has 0 radical (unpaired) electrons. The highest BCUT2D eigenvalue weighted by Crippen LogP contribution is 2.32. The third-order valence-electron chi connectivity index (χ3n) is 18.3. The number of aliphatic carboxylic acids is 1. The molecule has 12 amide bonds. The van der Waals surface area contributed by atoms with E-state index in [2.05, 4.69) is 73.1 Å². The van der Waals surface area contributed by atoms with Crippen LogP contribution in [-0.2, 0) is 62.3 Å². The highest BCUT2D eigenvalue weighted by atomic mass is 16.4. The SMILES string of the molecule is C[C@@H](O)[C@H](N)C(=O)N1CCC[C@H]1C(=O)N[C@@H](CCC(N)=O)C(=O)N[C@@H](CCCN=C(N)N)C(=O)NC1(C(=O)N[C@@H](CCCN=C(N)N)C(=O)N[C@@H](CCCN=C(N)N)C(=O)N[C@@H](CCCN=C(N)N)C(=O)N[C@@H](CCCCN)C(=O)N[C@@H](CCCCN)C(=O)NC2(C(=O)NCC(=O)O)CCCC2)CCCC1. The summed E-state index contributed by atoms with van der Waals surface area (Å²) in [7, 11) is 0. The molecule has 1 heterocycles. The number of guanidine groups is 4. The first-order valence-corrected chi connectivity index (χ1v) is 36.1. The van der Waals surface area contributed by atoms with Gasteiger partial charge in [0.1, 0.15) is 72.0 Å². The number of aliphatic hydroxyl groups is 1. The van der Waals surface area contributed by atoms with Crippen LogP contribution in [0.15, 0.2) is 20.0 Å². The molecule has 0 aromatic heterocycles. The van der Waals surface area contributed by atoms with Crippen LogP contribution in [0.4, 0.5) is 0 Å². The normalized spacial score (nSPS) is 17.4. The molecule has 10 atom stereocenters. The first kappa shape index (κ1) is 90.2. The summed E-state index contributed by atoms with van der Waals surface area (Å²) in [6, 6.07) is -12.7. The van der Waals surface area contributed by atoms with Gasteiger partial charge in [-0.25, -0.2) is 0 Å². The molecule has 2 saturated carbocycles. The molecule has 1 aliphatic heterocycles. The van der Waals surface area contributed by atoms with Crippen molar-refractivity contribution in [3.63, 3.8) is 0 Å². The zero-order valence-corrected chi connectivity index (χ0v) is 60.7. The van der Waals surface area contributed by atoms with Gasteiger partial charge in [0.05, 0.1) is 6.10 Å². The molecule has 598 valence electrons. The summed E-state index contributed by atoms with van der Waals surface area (Å²) in [5.74, 6) is -12.6. The number of likely N-dealkylation sites (tertiary alicyclic amines) is 1. The number of unbranched alkanes of at least 4 members (excludes halogenated alkanes) is 2. The van der Waals surface area contributed by atoms with E-state index in [4.69, 9.17) is 68.8 Å². The van der Waals surface area contributed by atoms with E-state index < -0.39 is 161 Å². The predicted octanol–water partition coefficient (Wildman–Crippen LogP) is -9.12. The van der Waals surface area contributed by atoms with Crippen molar-refractivity contribution >= 4 is 101 Å². The van der Waals surface area contributed by atoms with E-state index in [1.54, 1.807) is 0 Å².